The first-order valence-corrected chi connectivity index (χ1v) is 6.56. The van der Waals surface area contributed by atoms with Crippen molar-refractivity contribution in [2.24, 2.45) is 0 Å². The minimum atomic E-state index is -0.900. The summed E-state index contributed by atoms with van der Waals surface area (Å²) in [5.41, 5.74) is 1.44. The molecule has 2 N–H and O–H groups in total. The zero-order valence-corrected chi connectivity index (χ0v) is 10.8. The van der Waals surface area contributed by atoms with Crippen LogP contribution in [0.15, 0.2) is 45.6 Å². The molecule has 0 radical (unpaired) electrons. The highest BCUT2D eigenvalue weighted by Gasteiger charge is 2.22. The van der Waals surface area contributed by atoms with Crippen molar-refractivity contribution >= 4 is 27.3 Å². The molecule has 0 bridgehead atoms. The summed E-state index contributed by atoms with van der Waals surface area (Å²) in [6, 6.07) is 9.16. The second-order valence-corrected chi connectivity index (χ2v) is 5.07. The maximum Gasteiger partial charge on any atom is 0.111 e. The number of hydrogen-bond donors (Lipinski definition) is 2. The first-order valence-electron chi connectivity index (χ1n) is 4.83. The Hall–Kier alpha value is -0.680. The molecule has 1 aromatic carbocycles. The van der Waals surface area contributed by atoms with Crippen molar-refractivity contribution in [2.45, 2.75) is 12.2 Å². The molecule has 2 aromatic rings. The van der Waals surface area contributed by atoms with E-state index in [1.165, 1.54) is 11.3 Å². The molecule has 1 aromatic heterocycles. The van der Waals surface area contributed by atoms with Gasteiger partial charge in [-0.3, -0.25) is 0 Å². The van der Waals surface area contributed by atoms with Gasteiger partial charge in [-0.05, 0) is 26.9 Å². The van der Waals surface area contributed by atoms with Gasteiger partial charge in [-0.25, -0.2) is 0 Å². The Morgan fingerprint density at radius 2 is 1.69 bits per heavy atom. The van der Waals surface area contributed by atoms with Gasteiger partial charge in [0.25, 0.3) is 0 Å². The van der Waals surface area contributed by atoms with Crippen molar-refractivity contribution in [3.8, 4) is 0 Å². The van der Waals surface area contributed by atoms with Crippen molar-refractivity contribution in [1.82, 2.24) is 0 Å². The SMILES string of the molecule is OC(c1ccccc1)C(O)c1cscc1Br. The van der Waals surface area contributed by atoms with Crippen LogP contribution in [0, 0.1) is 0 Å². The second-order valence-electron chi connectivity index (χ2n) is 3.48. The highest BCUT2D eigenvalue weighted by Crippen LogP contribution is 2.34. The Balaban J connectivity index is 2.23. The van der Waals surface area contributed by atoms with Crippen LogP contribution in [0.3, 0.4) is 0 Å². The van der Waals surface area contributed by atoms with Crippen LogP contribution in [0.25, 0.3) is 0 Å². The van der Waals surface area contributed by atoms with E-state index in [9.17, 15) is 10.2 Å². The lowest BCUT2D eigenvalue weighted by Crippen LogP contribution is -2.09. The molecule has 0 saturated carbocycles. The molecule has 0 saturated heterocycles. The molecule has 1 heterocycles. The largest absolute Gasteiger partial charge is 0.385 e. The predicted molar refractivity (Wildman–Crippen MR) is 68.4 cm³/mol. The molecule has 0 amide bonds. The summed E-state index contributed by atoms with van der Waals surface area (Å²) in [5, 5.41) is 23.8. The molecule has 2 rings (SSSR count). The average Bonchev–Trinajstić information content (AvgIpc) is 2.75. The lowest BCUT2D eigenvalue weighted by molar-refractivity contribution is 0.0171. The lowest BCUT2D eigenvalue weighted by atomic mass is 10.0. The van der Waals surface area contributed by atoms with E-state index >= 15 is 0 Å². The number of thiophene rings is 1. The zero-order valence-electron chi connectivity index (χ0n) is 8.38. The molecule has 84 valence electrons. The first-order chi connectivity index (χ1) is 7.70. The van der Waals surface area contributed by atoms with E-state index in [0.29, 0.717) is 5.56 Å². The molecule has 0 spiro atoms. The summed E-state index contributed by atoms with van der Waals surface area (Å²) in [7, 11) is 0. The van der Waals surface area contributed by atoms with Gasteiger partial charge in [0.2, 0.25) is 0 Å². The van der Waals surface area contributed by atoms with E-state index in [4.69, 9.17) is 0 Å². The molecule has 0 aliphatic carbocycles. The highest BCUT2D eigenvalue weighted by atomic mass is 79.9. The fraction of sp³-hybridized carbons (Fsp3) is 0.167. The van der Waals surface area contributed by atoms with Crippen molar-refractivity contribution in [1.29, 1.82) is 0 Å². The summed E-state index contributed by atoms with van der Waals surface area (Å²) < 4.78 is 0.833. The molecule has 4 heteroatoms. The number of aliphatic hydroxyl groups is 2. The van der Waals surface area contributed by atoms with Crippen molar-refractivity contribution in [2.75, 3.05) is 0 Å². The number of aliphatic hydroxyl groups excluding tert-OH is 2. The van der Waals surface area contributed by atoms with Crippen LogP contribution in [0.5, 0.6) is 0 Å². The number of rotatable bonds is 3. The topological polar surface area (TPSA) is 40.5 Å². The molecule has 2 nitrogen and oxygen atoms in total. The van der Waals surface area contributed by atoms with Gasteiger partial charge in [-0.1, -0.05) is 30.3 Å². The van der Waals surface area contributed by atoms with E-state index in [-0.39, 0.29) is 0 Å². The fourth-order valence-electron chi connectivity index (χ4n) is 1.50. The molecule has 0 fully saturated rings. The van der Waals surface area contributed by atoms with Gasteiger partial charge in [-0.15, -0.1) is 0 Å². The third kappa shape index (κ3) is 2.35. The smallest absolute Gasteiger partial charge is 0.111 e. The summed E-state index contributed by atoms with van der Waals surface area (Å²) in [5.74, 6) is 0. The van der Waals surface area contributed by atoms with Gasteiger partial charge in [0.05, 0.1) is 0 Å². The Morgan fingerprint density at radius 3 is 2.25 bits per heavy atom. The van der Waals surface area contributed by atoms with Crippen molar-refractivity contribution in [3.05, 3.63) is 56.7 Å². The van der Waals surface area contributed by atoms with Crippen LogP contribution < -0.4 is 0 Å². The Bertz CT molecular complexity index is 455. The van der Waals surface area contributed by atoms with E-state index in [1.807, 2.05) is 29.0 Å². The quantitative estimate of drug-likeness (QED) is 0.913. The zero-order chi connectivity index (χ0) is 11.5. The molecule has 16 heavy (non-hydrogen) atoms. The molecule has 0 aliphatic heterocycles. The first kappa shape index (κ1) is 11.8. The van der Waals surface area contributed by atoms with Gasteiger partial charge < -0.3 is 10.2 Å². The van der Waals surface area contributed by atoms with Crippen molar-refractivity contribution < 1.29 is 10.2 Å². The minimum absolute atomic E-state index is 0.716. The van der Waals surface area contributed by atoms with Gasteiger partial charge in [0, 0.05) is 15.4 Å². The number of benzene rings is 1. The monoisotopic (exact) mass is 298 g/mol. The van der Waals surface area contributed by atoms with Crippen LogP contribution in [-0.4, -0.2) is 10.2 Å². The van der Waals surface area contributed by atoms with Crippen LogP contribution in [0.4, 0.5) is 0 Å². The molecule has 0 aliphatic rings. The standard InChI is InChI=1S/C12H11BrO2S/c13-10-7-16-6-9(10)12(15)11(14)8-4-2-1-3-5-8/h1-7,11-12,14-15H. The predicted octanol–water partition coefficient (Wildman–Crippen LogP) is 3.28. The van der Waals surface area contributed by atoms with Crippen LogP contribution in [-0.2, 0) is 0 Å². The summed E-state index contributed by atoms with van der Waals surface area (Å²) in [4.78, 5) is 0. The van der Waals surface area contributed by atoms with Crippen LogP contribution in [0.1, 0.15) is 23.3 Å². The third-order valence-electron chi connectivity index (χ3n) is 2.40. The van der Waals surface area contributed by atoms with E-state index in [0.717, 1.165) is 10.0 Å². The highest BCUT2D eigenvalue weighted by molar-refractivity contribution is 9.10. The van der Waals surface area contributed by atoms with Gasteiger partial charge in [0.1, 0.15) is 12.2 Å². The van der Waals surface area contributed by atoms with E-state index in [1.54, 1.807) is 12.1 Å². The Morgan fingerprint density at radius 1 is 1.00 bits per heavy atom. The lowest BCUT2D eigenvalue weighted by Gasteiger charge is -2.17. The maximum absolute atomic E-state index is 10.0. The van der Waals surface area contributed by atoms with Crippen molar-refractivity contribution in [3.63, 3.8) is 0 Å². The normalized spacial score (nSPS) is 14.7. The summed E-state index contributed by atoms with van der Waals surface area (Å²) in [6.07, 6.45) is -1.80. The fourth-order valence-corrected chi connectivity index (χ4v) is 3.07. The summed E-state index contributed by atoms with van der Waals surface area (Å²) in [6.45, 7) is 0. The number of hydrogen-bond acceptors (Lipinski definition) is 3. The molecular weight excluding hydrogens is 288 g/mol. The maximum atomic E-state index is 10.0. The third-order valence-corrected chi connectivity index (χ3v) is 4.15. The Kier molecular flexibility index (Phi) is 3.76. The molecular formula is C12H11BrO2S. The minimum Gasteiger partial charge on any atom is -0.385 e. The van der Waals surface area contributed by atoms with Gasteiger partial charge >= 0.3 is 0 Å². The van der Waals surface area contributed by atoms with Crippen LogP contribution in [0.2, 0.25) is 0 Å². The van der Waals surface area contributed by atoms with E-state index < -0.39 is 12.2 Å². The Labute approximate surface area is 106 Å². The second kappa shape index (κ2) is 5.10. The average molecular weight is 299 g/mol. The van der Waals surface area contributed by atoms with Gasteiger partial charge in [0.15, 0.2) is 0 Å². The van der Waals surface area contributed by atoms with Crippen LogP contribution >= 0.6 is 27.3 Å². The van der Waals surface area contributed by atoms with E-state index in [2.05, 4.69) is 15.9 Å². The summed E-state index contributed by atoms with van der Waals surface area (Å²) >= 11 is 4.84. The molecule has 2 atom stereocenters. The number of halogens is 1. The molecule has 2 unspecified atom stereocenters. The van der Waals surface area contributed by atoms with Gasteiger partial charge in [-0.2, -0.15) is 11.3 Å².